The van der Waals surface area contributed by atoms with Crippen LogP contribution in [0.5, 0.6) is 0 Å². The third kappa shape index (κ3) is 20.4. The molecule has 0 fully saturated rings. The van der Waals surface area contributed by atoms with Crippen molar-refractivity contribution >= 4 is 69.2 Å². The Labute approximate surface area is 694 Å². The third-order valence-corrected chi connectivity index (χ3v) is 24.9. The van der Waals surface area contributed by atoms with Crippen LogP contribution in [0.1, 0.15) is 260 Å². The molecule has 0 radical (unpaired) electrons. The van der Waals surface area contributed by atoms with Gasteiger partial charge in [-0.05, 0) is 194 Å². The second-order valence-electron chi connectivity index (χ2n) is 35.9. The van der Waals surface area contributed by atoms with Crippen LogP contribution in [-0.2, 0) is 82.5 Å². The average molecular weight is 1690 g/mol. The Morgan fingerprint density at radius 3 is 1.16 bits per heavy atom. The van der Waals surface area contributed by atoms with Gasteiger partial charge in [0, 0.05) is 169 Å². The number of aryl methyl sites for hydroxylation is 3. The van der Waals surface area contributed by atoms with Gasteiger partial charge in [0.05, 0.1) is 24.2 Å². The molecule has 8 aromatic rings. The maximum absolute atomic E-state index is 13.3. The number of anilines is 3. The predicted molar refractivity (Wildman–Crippen MR) is 438 cm³/mol. The largest absolute Gasteiger partial charge is 1.00 e. The SMILES string of the molecule is CC1(C)CCN2CCC(C)(C)c3c2c1cc1cc(-c2cc[n+](CCCCCC(=O)O)cc2)c(=O)oc31.CC1(C)CCN2CCC(C)(C)c3c2c1cc1cc(-c2cc[n+](CCCCCC(=O)[O-])cc2)c(=O)oc31.CCOC(=O)Cc1cc[n+](CCCCCC(=O)O)cc1.Cc1c(C=O)cc2c3c1C(C)(C)CCN3CCC2(C)C.[Br-].[Br-]. The molecule has 21 heteroatoms. The number of carbonyl (C=O) groups is 5. The van der Waals surface area contributed by atoms with Gasteiger partial charge in [0.15, 0.2) is 37.2 Å². The molecule has 614 valence electrons. The normalized spacial score (nSPS) is 16.9. The quantitative estimate of drug-likeness (QED) is 0.0188. The van der Waals surface area contributed by atoms with Crippen molar-refractivity contribution in [3.8, 4) is 22.3 Å². The van der Waals surface area contributed by atoms with Crippen LogP contribution >= 0.6 is 0 Å². The number of aldehydes is 1. The minimum absolute atomic E-state index is 0. The first-order valence-electron chi connectivity index (χ1n) is 41.0. The van der Waals surface area contributed by atoms with Gasteiger partial charge in [0.25, 0.3) is 0 Å². The Kier molecular flexibility index (Phi) is 29.1. The van der Waals surface area contributed by atoms with Gasteiger partial charge in [-0.1, -0.05) is 83.1 Å². The molecule has 0 atom stereocenters. The molecule has 0 unspecified atom stereocenters. The number of carboxylic acid groups (broad SMARTS) is 3. The van der Waals surface area contributed by atoms with E-state index in [1.165, 1.54) is 68.8 Å². The monoisotopic (exact) mass is 1690 g/mol. The number of fused-ring (bicyclic) bond motifs is 4. The highest BCUT2D eigenvalue weighted by atomic mass is 79.9. The fourth-order valence-corrected chi connectivity index (χ4v) is 17.7. The van der Waals surface area contributed by atoms with Crippen LogP contribution in [0.15, 0.2) is 122 Å². The number of nitrogens with zero attached hydrogens (tertiary/aromatic N) is 6. The summed E-state index contributed by atoms with van der Waals surface area (Å²) in [6.45, 7) is 40.9. The number of benzene rings is 3. The molecule has 114 heavy (non-hydrogen) atoms. The van der Waals surface area contributed by atoms with Gasteiger partial charge >= 0.3 is 29.2 Å². The van der Waals surface area contributed by atoms with Crippen LogP contribution in [0.3, 0.4) is 0 Å². The van der Waals surface area contributed by atoms with Gasteiger partial charge < -0.3 is 82.3 Å². The third-order valence-electron chi connectivity index (χ3n) is 24.9. The Morgan fingerprint density at radius 1 is 0.474 bits per heavy atom. The highest BCUT2D eigenvalue weighted by molar-refractivity contribution is 5.94. The maximum atomic E-state index is 13.3. The van der Waals surface area contributed by atoms with Gasteiger partial charge in [0.2, 0.25) is 0 Å². The van der Waals surface area contributed by atoms with Crippen molar-refractivity contribution in [2.45, 2.75) is 271 Å². The van der Waals surface area contributed by atoms with E-state index in [9.17, 15) is 38.7 Å². The molecule has 6 aliphatic rings. The standard InChI is InChI=1S/2C30H36N2O4.C18H25NO.C15H21NO4.2BrH/c2*1-29(2)11-16-32-17-12-30(3,4)25-26(32)23(29)19-21-18-22(28(35)36-27(21)25)20-9-14-31(15-10-20)13-7-5-6-8-24(33)34;1-12-13(11-20)10-14-16-15(12)18(4,5)7-9-19(16)8-6-17(14,2)3;1-2-20-15(19)12-13-7-10-16(11-8-13)9-5-3-4-6-14(17)18;;/h2*9-10,14-15,18-19H,5-8,11-13,16-17H2,1-4H3;10-11H,6-9H2,1-5H3;7-8,10-11H,2-6,9,12H2,1H3;2*1H. The minimum Gasteiger partial charge on any atom is -1.00 e. The Hall–Kier alpha value is -8.56. The van der Waals surface area contributed by atoms with E-state index in [1.54, 1.807) is 6.92 Å². The van der Waals surface area contributed by atoms with Crippen molar-refractivity contribution in [1.29, 1.82) is 0 Å². The molecule has 5 aromatic heterocycles. The highest BCUT2D eigenvalue weighted by Gasteiger charge is 2.45. The molecule has 0 aliphatic carbocycles. The molecule has 0 saturated carbocycles. The molecule has 3 aromatic carbocycles. The summed E-state index contributed by atoms with van der Waals surface area (Å²) < 4.78 is 23.3. The summed E-state index contributed by atoms with van der Waals surface area (Å²) in [6, 6.07) is 22.4. The second kappa shape index (κ2) is 37.1. The molecule has 14 rings (SSSR count). The zero-order valence-corrected chi connectivity index (χ0v) is 72.9. The van der Waals surface area contributed by atoms with Crippen LogP contribution in [0, 0.1) is 6.92 Å². The smallest absolute Gasteiger partial charge is 0.344 e. The van der Waals surface area contributed by atoms with Crippen molar-refractivity contribution < 1.29 is 101 Å². The first kappa shape index (κ1) is 89.4. The number of carboxylic acids is 3. The average Bonchev–Trinajstić information content (AvgIpc) is 0.720. The lowest BCUT2D eigenvalue weighted by Gasteiger charge is -2.49. The van der Waals surface area contributed by atoms with Crippen molar-refractivity contribution in [2.24, 2.45) is 0 Å². The van der Waals surface area contributed by atoms with Crippen molar-refractivity contribution in [3.63, 3.8) is 0 Å². The summed E-state index contributed by atoms with van der Waals surface area (Å²) in [5.74, 6) is -2.68. The molecule has 19 nitrogen and oxygen atoms in total. The molecule has 0 spiro atoms. The fraction of sp³-hybridized carbons (Fsp3) is 0.527. The van der Waals surface area contributed by atoms with E-state index in [4.69, 9.17) is 23.8 Å². The lowest BCUT2D eigenvalue weighted by atomic mass is 9.67. The van der Waals surface area contributed by atoms with E-state index >= 15 is 0 Å². The van der Waals surface area contributed by atoms with Gasteiger partial charge in [-0.3, -0.25) is 19.2 Å². The Morgan fingerprint density at radius 2 is 0.807 bits per heavy atom. The molecular weight excluding hydrogens is 1570 g/mol. The number of carbonyl (C=O) groups excluding carboxylic acids is 3. The summed E-state index contributed by atoms with van der Waals surface area (Å²) in [6.07, 6.45) is 27.8. The maximum Gasteiger partial charge on any atom is 0.344 e. The molecular formula is C93H120Br2N6O13. The molecule has 6 aliphatic heterocycles. The number of ether oxygens (including phenoxy) is 1. The highest BCUT2D eigenvalue weighted by Crippen LogP contribution is 2.55. The number of aromatic nitrogens is 3. The zero-order chi connectivity index (χ0) is 80.8. The minimum atomic E-state index is -0.990. The van der Waals surface area contributed by atoms with Crippen molar-refractivity contribution in [3.05, 3.63) is 175 Å². The lowest BCUT2D eigenvalue weighted by molar-refractivity contribution is -0.697. The molecule has 11 heterocycles. The number of aliphatic carboxylic acids is 3. The topological polar surface area (TPSA) is 240 Å². The number of halogens is 2. The molecule has 0 saturated heterocycles. The van der Waals surface area contributed by atoms with Gasteiger partial charge in [-0.2, -0.15) is 0 Å². The van der Waals surface area contributed by atoms with Gasteiger partial charge in [-0.15, -0.1) is 0 Å². The molecule has 0 amide bonds. The predicted octanol–water partition coefficient (Wildman–Crippen LogP) is 9.50. The van der Waals surface area contributed by atoms with E-state index in [0.717, 1.165) is 180 Å². The van der Waals surface area contributed by atoms with Gasteiger partial charge in [-0.25, -0.2) is 23.3 Å². The Balaban J connectivity index is 0.000000180. The van der Waals surface area contributed by atoms with Crippen LogP contribution in [-0.4, -0.2) is 86.3 Å². The first-order chi connectivity index (χ1) is 53.0. The van der Waals surface area contributed by atoms with Crippen LogP contribution in [0.25, 0.3) is 44.2 Å². The van der Waals surface area contributed by atoms with Crippen LogP contribution < -0.4 is 78.7 Å². The van der Waals surface area contributed by atoms with Crippen LogP contribution in [0.4, 0.5) is 17.1 Å². The van der Waals surface area contributed by atoms with E-state index in [0.29, 0.717) is 37.0 Å². The van der Waals surface area contributed by atoms with E-state index in [-0.39, 0.29) is 103 Å². The fourth-order valence-electron chi connectivity index (χ4n) is 17.7. The molecule has 2 N–H and O–H groups in total. The molecule has 0 bridgehead atoms. The number of esters is 1. The number of hydrogen-bond acceptors (Lipinski definition) is 14. The summed E-state index contributed by atoms with van der Waals surface area (Å²) in [5, 5.41) is 29.8. The number of rotatable bonds is 24. The first-order valence-corrected chi connectivity index (χ1v) is 41.0. The van der Waals surface area contributed by atoms with E-state index < -0.39 is 17.9 Å². The van der Waals surface area contributed by atoms with Crippen molar-refractivity contribution in [1.82, 2.24) is 0 Å². The van der Waals surface area contributed by atoms with E-state index in [2.05, 4.69) is 132 Å². The zero-order valence-electron chi connectivity index (χ0n) is 69.7. The van der Waals surface area contributed by atoms with Crippen LogP contribution in [0.2, 0.25) is 0 Å². The summed E-state index contributed by atoms with van der Waals surface area (Å²) in [4.78, 5) is 88.4. The van der Waals surface area contributed by atoms with E-state index in [1.807, 2.05) is 90.3 Å². The van der Waals surface area contributed by atoms with Gasteiger partial charge in [0.1, 0.15) is 37.1 Å². The lowest BCUT2D eigenvalue weighted by Crippen LogP contribution is -3.00. The summed E-state index contributed by atoms with van der Waals surface area (Å²) in [7, 11) is 0. The van der Waals surface area contributed by atoms with Crippen molar-refractivity contribution in [2.75, 3.05) is 60.6 Å². The number of unbranched alkanes of at least 4 members (excludes halogenated alkanes) is 6. The second-order valence-corrected chi connectivity index (χ2v) is 35.9. The number of pyridine rings is 3. The Bertz CT molecular complexity index is 4710. The number of hydrogen-bond donors (Lipinski definition) is 2. The summed E-state index contributed by atoms with van der Waals surface area (Å²) in [5.41, 5.74) is 18.9. The summed E-state index contributed by atoms with van der Waals surface area (Å²) >= 11 is 0.